The number of halogens is 2. The number of fused-ring (bicyclic) bond motifs is 1. The van der Waals surface area contributed by atoms with Gasteiger partial charge in [-0.25, -0.2) is 14.4 Å². The monoisotopic (exact) mass is 752 g/mol. The van der Waals surface area contributed by atoms with Crippen molar-refractivity contribution in [2.75, 3.05) is 74.7 Å². The average molecular weight is 754 g/mol. The molecular formula is C36H47BrFN8O2P. The summed E-state index contributed by atoms with van der Waals surface area (Å²) in [5, 5.41) is 11.3. The van der Waals surface area contributed by atoms with Gasteiger partial charge in [0.15, 0.2) is 0 Å². The molecule has 2 saturated heterocycles. The van der Waals surface area contributed by atoms with Crippen LogP contribution < -0.4 is 30.9 Å². The molecule has 6 rings (SSSR count). The maximum absolute atomic E-state index is 14.9. The maximum Gasteiger partial charge on any atom is 0.229 e. The van der Waals surface area contributed by atoms with Gasteiger partial charge >= 0.3 is 0 Å². The van der Waals surface area contributed by atoms with E-state index in [4.69, 9.17) is 9.72 Å². The SMILES string of the molecule is CCOc1cc(N2CCC(N3CCNCC3)CC2)c(CC)cc1Nc1ncc(Br)c(Nc2ccc3nc(CC)c(F)cc3c2P(C)(C)=O)n1. The van der Waals surface area contributed by atoms with E-state index in [1.54, 1.807) is 19.5 Å². The Bertz CT molecular complexity index is 1860. The van der Waals surface area contributed by atoms with Crippen molar-refractivity contribution >= 4 is 68.1 Å². The molecule has 10 nitrogen and oxygen atoms in total. The number of nitrogens with one attached hydrogen (secondary N) is 3. The first-order chi connectivity index (χ1) is 23.6. The molecule has 2 fully saturated rings. The van der Waals surface area contributed by atoms with Gasteiger partial charge in [-0.05, 0) is 91.7 Å². The van der Waals surface area contributed by atoms with Crippen molar-refractivity contribution in [1.29, 1.82) is 0 Å². The highest BCUT2D eigenvalue weighted by atomic mass is 79.9. The number of hydrogen-bond donors (Lipinski definition) is 3. The Labute approximate surface area is 297 Å². The highest BCUT2D eigenvalue weighted by Crippen LogP contribution is 2.42. The van der Waals surface area contributed by atoms with Crippen LogP contribution >= 0.6 is 23.1 Å². The first kappa shape index (κ1) is 35.5. The fourth-order valence-electron chi connectivity index (χ4n) is 7.02. The van der Waals surface area contributed by atoms with E-state index in [2.05, 4.69) is 70.7 Å². The lowest BCUT2D eigenvalue weighted by atomic mass is 9.99. The topological polar surface area (TPSA) is 108 Å². The molecule has 2 aromatic heterocycles. The van der Waals surface area contributed by atoms with E-state index < -0.39 is 13.0 Å². The zero-order valence-electron chi connectivity index (χ0n) is 29.1. The zero-order valence-corrected chi connectivity index (χ0v) is 31.6. The number of ether oxygens (including phenoxy) is 1. The minimum atomic E-state index is -2.88. The van der Waals surface area contributed by atoms with Crippen LogP contribution in [0.25, 0.3) is 10.9 Å². The van der Waals surface area contributed by atoms with Crippen LogP contribution in [0.4, 0.5) is 33.2 Å². The number of benzene rings is 2. The quantitative estimate of drug-likeness (QED) is 0.138. The van der Waals surface area contributed by atoms with E-state index in [0.717, 1.165) is 70.0 Å². The number of aromatic nitrogens is 3. The van der Waals surface area contributed by atoms with Crippen LogP contribution in [0.15, 0.2) is 41.0 Å². The number of piperazine rings is 1. The van der Waals surface area contributed by atoms with Crippen LogP contribution in [-0.2, 0) is 17.4 Å². The van der Waals surface area contributed by atoms with Crippen LogP contribution in [0.5, 0.6) is 5.75 Å². The standard InChI is InChI=1S/C36H47BrFN8O2P/c1-6-23-19-31(33(48-8-3)21-32(23)46-15-11-24(12-16-46)45-17-13-39-14-18-45)43-36-40-22-26(37)35(44-36)42-30-10-9-29-25(34(30)49(4,5)47)20-27(38)28(7-2)41-29/h9-10,19-22,24,39H,6-8,11-18H2,1-5H3,(H2,40,42,43,44). The first-order valence-electron chi connectivity index (χ1n) is 17.3. The van der Waals surface area contributed by atoms with Crippen molar-refractivity contribution < 1.29 is 13.7 Å². The second kappa shape index (κ2) is 15.3. The molecule has 3 N–H and O–H groups in total. The van der Waals surface area contributed by atoms with Gasteiger partial charge < -0.3 is 30.2 Å². The number of nitrogens with zero attached hydrogens (tertiary/aromatic N) is 5. The summed E-state index contributed by atoms with van der Waals surface area (Å²) in [5.41, 5.74) is 4.81. The summed E-state index contributed by atoms with van der Waals surface area (Å²) >= 11 is 3.58. The summed E-state index contributed by atoms with van der Waals surface area (Å²) in [4.78, 5) is 19.0. The van der Waals surface area contributed by atoms with Gasteiger partial charge in [0.2, 0.25) is 5.95 Å². The summed E-state index contributed by atoms with van der Waals surface area (Å²) in [6.45, 7) is 16.4. The third-order valence-electron chi connectivity index (χ3n) is 9.45. The molecule has 0 spiro atoms. The summed E-state index contributed by atoms with van der Waals surface area (Å²) in [5.74, 6) is 1.19. The Balaban J connectivity index is 1.27. The summed E-state index contributed by atoms with van der Waals surface area (Å²) in [7, 11) is -2.88. The van der Waals surface area contributed by atoms with Crippen molar-refractivity contribution in [2.45, 2.75) is 52.5 Å². The molecule has 0 bridgehead atoms. The van der Waals surface area contributed by atoms with Crippen LogP contribution in [0.2, 0.25) is 0 Å². The van der Waals surface area contributed by atoms with Gasteiger partial charge in [0.05, 0.1) is 33.7 Å². The van der Waals surface area contributed by atoms with Gasteiger partial charge in [-0.15, -0.1) is 0 Å². The first-order valence-corrected chi connectivity index (χ1v) is 20.7. The molecule has 4 heterocycles. The van der Waals surface area contributed by atoms with Gasteiger partial charge in [-0.3, -0.25) is 4.90 Å². The van der Waals surface area contributed by atoms with Gasteiger partial charge in [0, 0.05) is 74.0 Å². The number of hydrogen-bond acceptors (Lipinski definition) is 10. The Hall–Kier alpha value is -3.31. The molecule has 2 aliphatic rings. The lowest BCUT2D eigenvalue weighted by Gasteiger charge is -2.41. The summed E-state index contributed by atoms with van der Waals surface area (Å²) in [6.07, 6.45) is 5.33. The minimum Gasteiger partial charge on any atom is -0.492 e. The largest absolute Gasteiger partial charge is 0.492 e. The minimum absolute atomic E-state index is 0.372. The molecule has 2 aromatic carbocycles. The van der Waals surface area contributed by atoms with Gasteiger partial charge in [0.25, 0.3) is 0 Å². The predicted molar refractivity (Wildman–Crippen MR) is 203 cm³/mol. The molecular weight excluding hydrogens is 706 g/mol. The third kappa shape index (κ3) is 7.88. The predicted octanol–water partition coefficient (Wildman–Crippen LogP) is 7.06. The molecule has 49 heavy (non-hydrogen) atoms. The van der Waals surface area contributed by atoms with Gasteiger partial charge in [0.1, 0.15) is 24.5 Å². The molecule has 2 aliphatic heterocycles. The lowest BCUT2D eigenvalue weighted by Crippen LogP contribution is -2.52. The van der Waals surface area contributed by atoms with E-state index in [1.165, 1.54) is 17.3 Å². The molecule has 13 heteroatoms. The molecule has 262 valence electrons. The van der Waals surface area contributed by atoms with Crippen molar-refractivity contribution in [3.05, 3.63) is 58.1 Å². The molecule has 4 aromatic rings. The molecule has 0 atom stereocenters. The van der Waals surface area contributed by atoms with Crippen molar-refractivity contribution in [2.24, 2.45) is 0 Å². The van der Waals surface area contributed by atoms with Gasteiger partial charge in [-0.1, -0.05) is 13.8 Å². The number of pyridine rings is 1. The van der Waals surface area contributed by atoms with E-state index in [1.807, 2.05) is 26.0 Å². The highest BCUT2D eigenvalue weighted by molar-refractivity contribution is 9.10. The number of rotatable bonds is 11. The molecule has 0 unspecified atom stereocenters. The molecule has 0 radical (unpaired) electrons. The second-order valence-corrected chi connectivity index (χ2v) is 17.1. The Morgan fingerprint density at radius 1 is 1.00 bits per heavy atom. The van der Waals surface area contributed by atoms with E-state index in [-0.39, 0.29) is 0 Å². The number of anilines is 5. The molecule has 0 amide bonds. The van der Waals surface area contributed by atoms with Crippen molar-refractivity contribution in [3.8, 4) is 5.75 Å². The second-order valence-electron chi connectivity index (χ2n) is 13.1. The maximum atomic E-state index is 14.9. The van der Waals surface area contributed by atoms with Crippen LogP contribution in [0, 0.1) is 5.82 Å². The molecule has 0 aliphatic carbocycles. The van der Waals surface area contributed by atoms with Crippen LogP contribution in [0.3, 0.4) is 0 Å². The fourth-order valence-corrected chi connectivity index (χ4v) is 8.78. The highest BCUT2D eigenvalue weighted by Gasteiger charge is 2.28. The lowest BCUT2D eigenvalue weighted by molar-refractivity contribution is 0.150. The van der Waals surface area contributed by atoms with E-state index in [0.29, 0.717) is 62.9 Å². The Morgan fingerprint density at radius 2 is 1.76 bits per heavy atom. The van der Waals surface area contributed by atoms with Crippen molar-refractivity contribution in [3.63, 3.8) is 0 Å². The van der Waals surface area contributed by atoms with Crippen LogP contribution in [0.1, 0.15) is 44.9 Å². The average Bonchev–Trinajstić information content (AvgIpc) is 3.10. The Morgan fingerprint density at radius 3 is 2.43 bits per heavy atom. The van der Waals surface area contributed by atoms with E-state index >= 15 is 0 Å². The summed E-state index contributed by atoms with van der Waals surface area (Å²) in [6, 6.07) is 10.1. The normalized spacial score (nSPS) is 16.3. The van der Waals surface area contributed by atoms with Gasteiger partial charge in [-0.2, -0.15) is 4.98 Å². The molecule has 0 saturated carbocycles. The third-order valence-corrected chi connectivity index (χ3v) is 11.6. The summed E-state index contributed by atoms with van der Waals surface area (Å²) < 4.78 is 35.3. The van der Waals surface area contributed by atoms with Crippen LogP contribution in [-0.4, -0.2) is 85.1 Å². The Kier molecular flexibility index (Phi) is 11.1. The fraction of sp³-hybridized carbons (Fsp3) is 0.472. The smallest absolute Gasteiger partial charge is 0.229 e. The number of piperidine rings is 1. The van der Waals surface area contributed by atoms with Crippen molar-refractivity contribution in [1.82, 2.24) is 25.2 Å². The zero-order chi connectivity index (χ0) is 34.7. The number of aryl methyl sites for hydroxylation is 2. The van der Waals surface area contributed by atoms with E-state index in [9.17, 15) is 8.96 Å².